The average molecular weight is 303 g/mol. The lowest BCUT2D eigenvalue weighted by Gasteiger charge is -2.22. The van der Waals surface area contributed by atoms with E-state index in [1.807, 2.05) is 25.1 Å². The van der Waals surface area contributed by atoms with Crippen LogP contribution in [0.15, 0.2) is 47.1 Å². The standard InChI is InChI=1S/C15H17N3O4/c1-17(2)13(14-7-4-8-22-14)10-16-15(19)11-5-3-6-12(9-11)18(20)21/h3-9,13H,10H2,1-2H3,(H,16,19)/t13-/m0/s1. The maximum atomic E-state index is 12.1. The van der Waals surface area contributed by atoms with Gasteiger partial charge in [-0.05, 0) is 32.3 Å². The van der Waals surface area contributed by atoms with Crippen LogP contribution in [-0.2, 0) is 0 Å². The topological polar surface area (TPSA) is 88.6 Å². The third-order valence-electron chi connectivity index (χ3n) is 3.27. The summed E-state index contributed by atoms with van der Waals surface area (Å²) in [4.78, 5) is 24.3. The van der Waals surface area contributed by atoms with Gasteiger partial charge in [-0.3, -0.25) is 19.8 Å². The number of likely N-dealkylation sites (N-methyl/N-ethyl adjacent to an activating group) is 1. The number of nitro groups is 1. The molecule has 2 rings (SSSR count). The normalized spacial score (nSPS) is 12.1. The second-order valence-corrected chi connectivity index (χ2v) is 5.01. The van der Waals surface area contributed by atoms with Gasteiger partial charge in [0.1, 0.15) is 5.76 Å². The lowest BCUT2D eigenvalue weighted by molar-refractivity contribution is -0.384. The first-order chi connectivity index (χ1) is 10.5. The van der Waals surface area contributed by atoms with E-state index >= 15 is 0 Å². The van der Waals surface area contributed by atoms with Crippen LogP contribution in [0.2, 0.25) is 0 Å². The molecule has 0 saturated carbocycles. The van der Waals surface area contributed by atoms with Crippen molar-refractivity contribution in [3.8, 4) is 0 Å². The number of nitro benzene ring substituents is 1. The lowest BCUT2D eigenvalue weighted by atomic mass is 10.1. The molecule has 0 spiro atoms. The molecule has 0 aliphatic rings. The van der Waals surface area contributed by atoms with Crippen LogP contribution in [0.3, 0.4) is 0 Å². The van der Waals surface area contributed by atoms with Crippen LogP contribution in [0.25, 0.3) is 0 Å². The SMILES string of the molecule is CN(C)[C@@H](CNC(=O)c1cccc([N+](=O)[O-])c1)c1ccco1. The first-order valence-corrected chi connectivity index (χ1v) is 6.71. The highest BCUT2D eigenvalue weighted by atomic mass is 16.6. The van der Waals surface area contributed by atoms with Crippen molar-refractivity contribution < 1.29 is 14.1 Å². The summed E-state index contributed by atoms with van der Waals surface area (Å²) in [5.41, 5.74) is 0.147. The summed E-state index contributed by atoms with van der Waals surface area (Å²) in [7, 11) is 3.76. The highest BCUT2D eigenvalue weighted by molar-refractivity contribution is 5.94. The van der Waals surface area contributed by atoms with Gasteiger partial charge in [0.25, 0.3) is 11.6 Å². The van der Waals surface area contributed by atoms with E-state index in [0.29, 0.717) is 6.54 Å². The molecule has 0 bridgehead atoms. The molecule has 2 aromatic rings. The van der Waals surface area contributed by atoms with Crippen LogP contribution in [0.1, 0.15) is 22.2 Å². The molecule has 1 heterocycles. The number of non-ortho nitro benzene ring substituents is 1. The fraction of sp³-hybridized carbons (Fsp3) is 0.267. The number of amides is 1. The molecule has 1 amide bonds. The largest absolute Gasteiger partial charge is 0.468 e. The predicted octanol–water partition coefficient (Wildman–Crippen LogP) is 2.22. The molecule has 0 aliphatic heterocycles. The molecular weight excluding hydrogens is 286 g/mol. The summed E-state index contributed by atoms with van der Waals surface area (Å²) in [6, 6.07) is 9.15. The van der Waals surface area contributed by atoms with Crippen molar-refractivity contribution in [2.45, 2.75) is 6.04 Å². The van der Waals surface area contributed by atoms with Gasteiger partial charge in [0.2, 0.25) is 0 Å². The Hall–Kier alpha value is -2.67. The van der Waals surface area contributed by atoms with Gasteiger partial charge in [0, 0.05) is 24.2 Å². The summed E-state index contributed by atoms with van der Waals surface area (Å²) < 4.78 is 5.36. The van der Waals surface area contributed by atoms with Crippen molar-refractivity contribution >= 4 is 11.6 Å². The van der Waals surface area contributed by atoms with Gasteiger partial charge in [-0.25, -0.2) is 0 Å². The third kappa shape index (κ3) is 3.70. The second kappa shape index (κ2) is 6.86. The molecule has 1 N–H and O–H groups in total. The number of nitrogens with zero attached hydrogens (tertiary/aromatic N) is 2. The number of carbonyl (C=O) groups is 1. The predicted molar refractivity (Wildman–Crippen MR) is 80.6 cm³/mol. The van der Waals surface area contributed by atoms with Crippen molar-refractivity contribution in [3.63, 3.8) is 0 Å². The summed E-state index contributed by atoms with van der Waals surface area (Å²) in [6.45, 7) is 0.335. The molecular formula is C15H17N3O4. The van der Waals surface area contributed by atoms with E-state index in [1.165, 1.54) is 18.2 Å². The Morgan fingerprint density at radius 1 is 1.36 bits per heavy atom. The highest BCUT2D eigenvalue weighted by Gasteiger charge is 2.19. The van der Waals surface area contributed by atoms with Gasteiger partial charge in [0.15, 0.2) is 0 Å². The fourth-order valence-corrected chi connectivity index (χ4v) is 2.07. The van der Waals surface area contributed by atoms with E-state index in [2.05, 4.69) is 5.32 Å². The molecule has 0 radical (unpaired) electrons. The quantitative estimate of drug-likeness (QED) is 0.653. The maximum Gasteiger partial charge on any atom is 0.270 e. The van der Waals surface area contributed by atoms with Gasteiger partial charge < -0.3 is 9.73 Å². The maximum absolute atomic E-state index is 12.1. The van der Waals surface area contributed by atoms with Crippen molar-refractivity contribution in [2.24, 2.45) is 0 Å². The minimum atomic E-state index is -0.526. The van der Waals surface area contributed by atoms with Crippen molar-refractivity contribution in [3.05, 3.63) is 64.1 Å². The molecule has 1 aromatic carbocycles. The van der Waals surface area contributed by atoms with Crippen LogP contribution in [0.4, 0.5) is 5.69 Å². The molecule has 1 atom stereocenters. The molecule has 0 fully saturated rings. The monoisotopic (exact) mass is 303 g/mol. The van der Waals surface area contributed by atoms with Crippen molar-refractivity contribution in [1.29, 1.82) is 0 Å². The van der Waals surface area contributed by atoms with Gasteiger partial charge >= 0.3 is 0 Å². The average Bonchev–Trinajstić information content (AvgIpc) is 3.01. The third-order valence-corrected chi connectivity index (χ3v) is 3.27. The van der Waals surface area contributed by atoms with E-state index < -0.39 is 4.92 Å². The zero-order valence-electron chi connectivity index (χ0n) is 12.4. The van der Waals surface area contributed by atoms with Crippen LogP contribution >= 0.6 is 0 Å². The minimum Gasteiger partial charge on any atom is -0.468 e. The Balaban J connectivity index is 2.05. The van der Waals surface area contributed by atoms with E-state index in [-0.39, 0.29) is 23.2 Å². The zero-order chi connectivity index (χ0) is 16.1. The van der Waals surface area contributed by atoms with Crippen LogP contribution in [-0.4, -0.2) is 36.4 Å². The summed E-state index contributed by atoms with van der Waals surface area (Å²) >= 11 is 0. The molecule has 7 nitrogen and oxygen atoms in total. The van der Waals surface area contributed by atoms with Crippen LogP contribution in [0.5, 0.6) is 0 Å². The number of nitrogens with one attached hydrogen (secondary N) is 1. The fourth-order valence-electron chi connectivity index (χ4n) is 2.07. The number of rotatable bonds is 6. The Bertz CT molecular complexity index is 653. The molecule has 0 unspecified atom stereocenters. The summed E-state index contributed by atoms with van der Waals surface area (Å²) in [5, 5.41) is 13.5. The molecule has 0 aliphatic carbocycles. The Morgan fingerprint density at radius 2 is 2.14 bits per heavy atom. The van der Waals surface area contributed by atoms with E-state index in [1.54, 1.807) is 18.4 Å². The number of hydrogen-bond donors (Lipinski definition) is 1. The summed E-state index contributed by atoms with van der Waals surface area (Å²) in [5.74, 6) is 0.381. The van der Waals surface area contributed by atoms with Gasteiger partial charge in [-0.1, -0.05) is 6.07 Å². The smallest absolute Gasteiger partial charge is 0.270 e. The lowest BCUT2D eigenvalue weighted by Crippen LogP contribution is -2.34. The Morgan fingerprint density at radius 3 is 2.73 bits per heavy atom. The zero-order valence-corrected chi connectivity index (χ0v) is 12.4. The van der Waals surface area contributed by atoms with Gasteiger partial charge in [-0.2, -0.15) is 0 Å². The van der Waals surface area contributed by atoms with Crippen LogP contribution < -0.4 is 5.32 Å². The van der Waals surface area contributed by atoms with Crippen LogP contribution in [0, 0.1) is 10.1 Å². The number of hydrogen-bond acceptors (Lipinski definition) is 5. The molecule has 22 heavy (non-hydrogen) atoms. The van der Waals surface area contributed by atoms with Crippen molar-refractivity contribution in [1.82, 2.24) is 10.2 Å². The molecule has 116 valence electrons. The minimum absolute atomic E-state index is 0.108. The Labute approximate surface area is 127 Å². The molecule has 1 aromatic heterocycles. The number of benzene rings is 1. The Kier molecular flexibility index (Phi) is 4.90. The first kappa shape index (κ1) is 15.7. The number of carbonyl (C=O) groups excluding carboxylic acids is 1. The number of furan rings is 1. The van der Waals surface area contributed by atoms with E-state index in [0.717, 1.165) is 5.76 Å². The molecule has 7 heteroatoms. The van der Waals surface area contributed by atoms with E-state index in [4.69, 9.17) is 4.42 Å². The highest BCUT2D eigenvalue weighted by Crippen LogP contribution is 2.18. The summed E-state index contributed by atoms with van der Waals surface area (Å²) in [6.07, 6.45) is 1.58. The van der Waals surface area contributed by atoms with Gasteiger partial charge in [-0.15, -0.1) is 0 Å². The first-order valence-electron chi connectivity index (χ1n) is 6.71. The van der Waals surface area contributed by atoms with Crippen molar-refractivity contribution in [2.75, 3.05) is 20.6 Å². The van der Waals surface area contributed by atoms with Gasteiger partial charge in [0.05, 0.1) is 17.2 Å². The van der Waals surface area contributed by atoms with E-state index in [9.17, 15) is 14.9 Å². The molecule has 0 saturated heterocycles. The second-order valence-electron chi connectivity index (χ2n) is 5.01.